The summed E-state index contributed by atoms with van der Waals surface area (Å²) in [5, 5.41) is 0. The quantitative estimate of drug-likeness (QED) is 0.744. The molecule has 0 N–H and O–H groups in total. The average Bonchev–Trinajstić information content (AvgIpc) is 2.40. The van der Waals surface area contributed by atoms with Crippen LogP contribution in [0.3, 0.4) is 0 Å². The topological polar surface area (TPSA) is 26.3 Å². The first kappa shape index (κ1) is 12.2. The first-order valence-electron chi connectivity index (χ1n) is 6.52. The summed E-state index contributed by atoms with van der Waals surface area (Å²) in [6.45, 7) is 2.15. The second-order valence-corrected chi connectivity index (χ2v) is 4.79. The molecule has 2 rings (SSSR count). The van der Waals surface area contributed by atoms with E-state index in [1.165, 1.54) is 5.56 Å². The molecule has 0 atom stereocenters. The first-order chi connectivity index (χ1) is 8.31. The van der Waals surface area contributed by atoms with Gasteiger partial charge in [0.15, 0.2) is 0 Å². The number of rotatable bonds is 4. The molecule has 1 aromatic rings. The van der Waals surface area contributed by atoms with Gasteiger partial charge in [-0.2, -0.15) is 0 Å². The van der Waals surface area contributed by atoms with Gasteiger partial charge in [0.2, 0.25) is 0 Å². The van der Waals surface area contributed by atoms with Crippen LogP contribution >= 0.6 is 0 Å². The molecule has 0 unspecified atom stereocenters. The standard InChI is InChI=1S/C15H20O2/c1-2-12-3-7-14(8-4-12)17-15-9-5-13(11-16)6-10-15/h3-4,7-8,11,13,15H,2,5-6,9-10H2,1H3. The minimum Gasteiger partial charge on any atom is -0.490 e. The maximum Gasteiger partial charge on any atom is 0.123 e. The van der Waals surface area contributed by atoms with Crippen LogP contribution in [0, 0.1) is 5.92 Å². The third-order valence-electron chi connectivity index (χ3n) is 3.55. The summed E-state index contributed by atoms with van der Waals surface area (Å²) in [5.41, 5.74) is 1.34. The molecule has 0 amide bonds. The Balaban J connectivity index is 1.86. The fraction of sp³-hybridized carbons (Fsp3) is 0.533. The van der Waals surface area contributed by atoms with Crippen molar-refractivity contribution in [3.05, 3.63) is 29.8 Å². The van der Waals surface area contributed by atoms with Crippen LogP contribution in [0.5, 0.6) is 5.75 Å². The summed E-state index contributed by atoms with van der Waals surface area (Å²) in [6.07, 6.45) is 6.38. The van der Waals surface area contributed by atoms with Gasteiger partial charge in [-0.3, -0.25) is 0 Å². The molecule has 92 valence electrons. The van der Waals surface area contributed by atoms with Crippen molar-refractivity contribution in [2.75, 3.05) is 0 Å². The van der Waals surface area contributed by atoms with Crippen molar-refractivity contribution in [1.82, 2.24) is 0 Å². The van der Waals surface area contributed by atoms with Crippen LogP contribution in [0.4, 0.5) is 0 Å². The van der Waals surface area contributed by atoms with Crippen molar-refractivity contribution in [2.45, 2.75) is 45.1 Å². The monoisotopic (exact) mass is 232 g/mol. The van der Waals surface area contributed by atoms with Gasteiger partial charge < -0.3 is 9.53 Å². The number of aldehydes is 1. The van der Waals surface area contributed by atoms with Crippen LogP contribution < -0.4 is 4.74 Å². The lowest BCUT2D eigenvalue weighted by atomic mass is 9.88. The molecular weight excluding hydrogens is 212 g/mol. The molecular formula is C15H20O2. The van der Waals surface area contributed by atoms with Crippen LogP contribution in [-0.2, 0) is 11.2 Å². The summed E-state index contributed by atoms with van der Waals surface area (Å²) < 4.78 is 5.93. The predicted octanol–water partition coefficient (Wildman–Crippen LogP) is 3.39. The Hall–Kier alpha value is -1.31. The number of benzene rings is 1. The maximum atomic E-state index is 10.7. The van der Waals surface area contributed by atoms with Gasteiger partial charge in [-0.25, -0.2) is 0 Å². The predicted molar refractivity (Wildman–Crippen MR) is 68.3 cm³/mol. The van der Waals surface area contributed by atoms with E-state index < -0.39 is 0 Å². The normalized spacial score (nSPS) is 24.3. The molecule has 0 saturated heterocycles. The molecule has 1 aliphatic rings. The third-order valence-corrected chi connectivity index (χ3v) is 3.55. The highest BCUT2D eigenvalue weighted by Crippen LogP contribution is 2.26. The first-order valence-corrected chi connectivity index (χ1v) is 6.52. The van der Waals surface area contributed by atoms with Crippen LogP contribution in [0.25, 0.3) is 0 Å². The molecule has 2 nitrogen and oxygen atoms in total. The van der Waals surface area contributed by atoms with E-state index in [9.17, 15) is 4.79 Å². The fourth-order valence-corrected chi connectivity index (χ4v) is 2.34. The van der Waals surface area contributed by atoms with Crippen molar-refractivity contribution < 1.29 is 9.53 Å². The molecule has 0 radical (unpaired) electrons. The molecule has 1 aromatic carbocycles. The number of hydrogen-bond acceptors (Lipinski definition) is 2. The molecule has 1 fully saturated rings. The molecule has 1 saturated carbocycles. The van der Waals surface area contributed by atoms with Gasteiger partial charge in [0.05, 0.1) is 6.10 Å². The minimum absolute atomic E-state index is 0.261. The van der Waals surface area contributed by atoms with Crippen molar-refractivity contribution >= 4 is 6.29 Å². The number of aryl methyl sites for hydroxylation is 1. The SMILES string of the molecule is CCc1ccc(OC2CCC(C=O)CC2)cc1. The summed E-state index contributed by atoms with van der Waals surface area (Å²) in [5.74, 6) is 1.22. The van der Waals surface area contributed by atoms with Crippen LogP contribution in [0.2, 0.25) is 0 Å². The Labute approximate surface area is 103 Å². The van der Waals surface area contributed by atoms with Crippen molar-refractivity contribution in [1.29, 1.82) is 0 Å². The van der Waals surface area contributed by atoms with Crippen LogP contribution in [-0.4, -0.2) is 12.4 Å². The smallest absolute Gasteiger partial charge is 0.123 e. The van der Waals surface area contributed by atoms with E-state index in [1.807, 2.05) is 12.1 Å². The Bertz CT molecular complexity index is 348. The Morgan fingerprint density at radius 3 is 2.35 bits per heavy atom. The molecule has 17 heavy (non-hydrogen) atoms. The Morgan fingerprint density at radius 2 is 1.82 bits per heavy atom. The highest BCUT2D eigenvalue weighted by atomic mass is 16.5. The molecule has 0 heterocycles. The lowest BCUT2D eigenvalue weighted by Crippen LogP contribution is -2.24. The van der Waals surface area contributed by atoms with Crippen molar-refractivity contribution in [3.63, 3.8) is 0 Å². The summed E-state index contributed by atoms with van der Waals surface area (Å²) >= 11 is 0. The van der Waals surface area contributed by atoms with Crippen molar-refractivity contribution in [2.24, 2.45) is 5.92 Å². The van der Waals surface area contributed by atoms with Gasteiger partial charge in [0, 0.05) is 5.92 Å². The van der Waals surface area contributed by atoms with Gasteiger partial charge in [-0.1, -0.05) is 19.1 Å². The van der Waals surface area contributed by atoms with E-state index in [1.54, 1.807) is 0 Å². The Morgan fingerprint density at radius 1 is 1.18 bits per heavy atom. The average molecular weight is 232 g/mol. The van der Waals surface area contributed by atoms with Crippen LogP contribution in [0.1, 0.15) is 38.2 Å². The molecule has 2 heteroatoms. The molecule has 1 aliphatic carbocycles. The fourth-order valence-electron chi connectivity index (χ4n) is 2.34. The number of ether oxygens (including phenoxy) is 1. The zero-order valence-corrected chi connectivity index (χ0v) is 10.4. The molecule has 0 aliphatic heterocycles. The van der Waals surface area contributed by atoms with E-state index in [4.69, 9.17) is 4.74 Å². The van der Waals surface area contributed by atoms with Crippen molar-refractivity contribution in [3.8, 4) is 5.75 Å². The van der Waals surface area contributed by atoms with Gasteiger partial charge >= 0.3 is 0 Å². The maximum absolute atomic E-state index is 10.7. The molecule has 0 bridgehead atoms. The minimum atomic E-state index is 0.261. The van der Waals surface area contributed by atoms with E-state index in [2.05, 4.69) is 19.1 Å². The number of carbonyl (C=O) groups excluding carboxylic acids is 1. The second kappa shape index (κ2) is 5.85. The van der Waals surface area contributed by atoms with Gasteiger partial charge in [-0.15, -0.1) is 0 Å². The molecule has 0 aromatic heterocycles. The zero-order valence-electron chi connectivity index (χ0n) is 10.4. The lowest BCUT2D eigenvalue weighted by molar-refractivity contribution is -0.112. The summed E-state index contributed by atoms with van der Waals surface area (Å²) in [7, 11) is 0. The molecule has 0 spiro atoms. The van der Waals surface area contributed by atoms with Crippen LogP contribution in [0.15, 0.2) is 24.3 Å². The van der Waals surface area contributed by atoms with Gasteiger partial charge in [0.1, 0.15) is 12.0 Å². The summed E-state index contributed by atoms with van der Waals surface area (Å²) in [6, 6.07) is 8.33. The van der Waals surface area contributed by atoms with E-state index in [0.717, 1.165) is 44.1 Å². The van der Waals surface area contributed by atoms with E-state index in [0.29, 0.717) is 6.10 Å². The van der Waals surface area contributed by atoms with E-state index >= 15 is 0 Å². The highest BCUT2D eigenvalue weighted by molar-refractivity contribution is 5.53. The lowest BCUT2D eigenvalue weighted by Gasteiger charge is -2.26. The highest BCUT2D eigenvalue weighted by Gasteiger charge is 2.21. The van der Waals surface area contributed by atoms with E-state index in [-0.39, 0.29) is 5.92 Å². The second-order valence-electron chi connectivity index (χ2n) is 4.79. The number of hydrogen-bond donors (Lipinski definition) is 0. The van der Waals surface area contributed by atoms with Gasteiger partial charge in [-0.05, 0) is 49.8 Å². The van der Waals surface area contributed by atoms with Gasteiger partial charge in [0.25, 0.3) is 0 Å². The summed E-state index contributed by atoms with van der Waals surface area (Å²) in [4.78, 5) is 10.7. The zero-order chi connectivity index (χ0) is 12.1. The number of carbonyl (C=O) groups is 1. The Kier molecular flexibility index (Phi) is 4.18. The third kappa shape index (κ3) is 3.32. The largest absolute Gasteiger partial charge is 0.490 e.